The number of ether oxygens (including phenoxy) is 1. The van der Waals surface area contributed by atoms with Crippen LogP contribution in [0.2, 0.25) is 0 Å². The van der Waals surface area contributed by atoms with Crippen molar-refractivity contribution >= 4 is 22.0 Å². The molecule has 4 heteroatoms. The largest absolute Gasteiger partial charge is 0.424 e. The maximum absolute atomic E-state index is 11.2. The lowest BCUT2D eigenvalue weighted by atomic mass is 10.1. The van der Waals surface area contributed by atoms with Gasteiger partial charge in [0.05, 0.1) is 0 Å². The predicted molar refractivity (Wildman–Crippen MR) is 56.1 cm³/mol. The number of allylic oxidation sites excluding steroid dienone is 1. The summed E-state index contributed by atoms with van der Waals surface area (Å²) in [4.78, 5) is 11.2. The van der Waals surface area contributed by atoms with Crippen molar-refractivity contribution in [1.82, 2.24) is 0 Å². The second-order valence-corrected chi connectivity index (χ2v) is 3.88. The Labute approximate surface area is 81.6 Å². The van der Waals surface area contributed by atoms with Gasteiger partial charge in [-0.2, -0.15) is 8.46 Å². The van der Waals surface area contributed by atoms with Crippen LogP contribution in [0.1, 0.15) is 19.8 Å². The minimum Gasteiger partial charge on any atom is -0.424 e. The first-order chi connectivity index (χ1) is 6.16. The highest BCUT2D eigenvalue weighted by Crippen LogP contribution is 2.27. The smallest absolute Gasteiger partial charge is 0.339 e. The van der Waals surface area contributed by atoms with Crippen LogP contribution in [0.5, 0.6) is 0 Å². The van der Waals surface area contributed by atoms with Crippen molar-refractivity contribution in [2.75, 3.05) is 6.16 Å². The summed E-state index contributed by atoms with van der Waals surface area (Å²) in [5.74, 6) is 0.262. The highest BCUT2D eigenvalue weighted by molar-refractivity contribution is 7.66. The van der Waals surface area contributed by atoms with Gasteiger partial charge in [0.2, 0.25) is 0 Å². The van der Waals surface area contributed by atoms with E-state index in [9.17, 15) is 4.79 Å². The van der Waals surface area contributed by atoms with Crippen molar-refractivity contribution in [2.45, 2.75) is 19.8 Å². The first kappa shape index (κ1) is 10.5. The Bertz CT molecular complexity index is 271. The number of carbonyl (C=O) groups is 1. The van der Waals surface area contributed by atoms with Gasteiger partial charge >= 0.3 is 5.97 Å². The van der Waals surface area contributed by atoms with Gasteiger partial charge in [-0.1, -0.05) is 6.58 Å². The molecule has 0 spiro atoms. The average Bonchev–Trinajstić information content (AvgIpc) is 2.32. The third-order valence-corrected chi connectivity index (χ3v) is 2.72. The maximum Gasteiger partial charge on any atom is 0.339 e. The molecule has 13 heavy (non-hydrogen) atoms. The molecule has 0 saturated carbocycles. The molecule has 0 aromatic rings. The summed E-state index contributed by atoms with van der Waals surface area (Å²) in [5, 5.41) is 0. The molecule has 0 aliphatic carbocycles. The number of esters is 1. The summed E-state index contributed by atoms with van der Waals surface area (Å²) in [6, 6.07) is 0. The molecular formula is C9H12BO2P. The van der Waals surface area contributed by atoms with Crippen LogP contribution in [-0.4, -0.2) is 19.7 Å². The lowest BCUT2D eigenvalue weighted by Crippen LogP contribution is -1.99. The minimum absolute atomic E-state index is 0.233. The monoisotopic (exact) mass is 194 g/mol. The van der Waals surface area contributed by atoms with E-state index in [2.05, 4.69) is 6.58 Å². The van der Waals surface area contributed by atoms with E-state index in [1.54, 1.807) is 0 Å². The van der Waals surface area contributed by atoms with Gasteiger partial charge in [-0.05, 0) is 25.9 Å². The Hall–Kier alpha value is -0.555. The van der Waals surface area contributed by atoms with E-state index in [0.29, 0.717) is 14.2 Å². The topological polar surface area (TPSA) is 26.3 Å². The first-order valence-electron chi connectivity index (χ1n) is 4.21. The Morgan fingerprint density at radius 1 is 1.62 bits per heavy atom. The van der Waals surface area contributed by atoms with Gasteiger partial charge in [-0.3, -0.25) is 0 Å². The van der Waals surface area contributed by atoms with Crippen LogP contribution < -0.4 is 0 Å². The third kappa shape index (κ3) is 2.44. The summed E-state index contributed by atoms with van der Waals surface area (Å²) >= 11 is 0. The molecule has 1 heterocycles. The molecule has 1 atom stereocenters. The van der Waals surface area contributed by atoms with Gasteiger partial charge in [-0.25, -0.2) is 4.79 Å². The van der Waals surface area contributed by atoms with E-state index in [1.807, 2.05) is 6.92 Å². The summed E-state index contributed by atoms with van der Waals surface area (Å²) in [6.45, 7) is 5.51. The quantitative estimate of drug-likeness (QED) is 0.295. The molecular weight excluding hydrogens is 182 g/mol. The van der Waals surface area contributed by atoms with Crippen molar-refractivity contribution in [3.8, 4) is 0 Å². The predicted octanol–water partition coefficient (Wildman–Crippen LogP) is 1.92. The second kappa shape index (κ2) is 4.62. The number of cyclic esters (lactones) is 1. The van der Waals surface area contributed by atoms with Gasteiger partial charge in [0.1, 0.15) is 13.3 Å². The second-order valence-electron chi connectivity index (χ2n) is 2.97. The number of hydrogen-bond acceptors (Lipinski definition) is 2. The molecule has 0 saturated heterocycles. The molecule has 0 bridgehead atoms. The molecule has 2 radical (unpaired) electrons. The zero-order chi connectivity index (χ0) is 9.84. The molecule has 0 N–H and O–H groups in total. The first-order valence-corrected chi connectivity index (χ1v) is 5.50. The number of carbonyl (C=O) groups excluding carboxylic acids is 1. The number of rotatable bonds is 4. The molecule has 0 amide bonds. The van der Waals surface area contributed by atoms with Crippen LogP contribution in [0.4, 0.5) is 0 Å². The van der Waals surface area contributed by atoms with Crippen molar-refractivity contribution < 1.29 is 9.53 Å². The fourth-order valence-electron chi connectivity index (χ4n) is 1.23. The lowest BCUT2D eigenvalue weighted by Gasteiger charge is -1.98. The van der Waals surface area contributed by atoms with Crippen molar-refractivity contribution in [1.29, 1.82) is 0 Å². The van der Waals surface area contributed by atoms with Crippen LogP contribution >= 0.6 is 8.46 Å². The standard InChI is InChI=1S/C9H12BO2P/c1-6-7(2)12-9(11)8(6)4-3-5-13-10/h13H,2-5H2,1H3. The Balaban J connectivity index is 2.56. The van der Waals surface area contributed by atoms with Crippen molar-refractivity contribution in [3.05, 3.63) is 23.5 Å². The van der Waals surface area contributed by atoms with Gasteiger partial charge in [0.25, 0.3) is 0 Å². The van der Waals surface area contributed by atoms with E-state index in [0.717, 1.165) is 30.1 Å². The van der Waals surface area contributed by atoms with Gasteiger partial charge in [0, 0.05) is 11.1 Å². The fraction of sp³-hybridized carbons (Fsp3) is 0.444. The molecule has 68 valence electrons. The van der Waals surface area contributed by atoms with Gasteiger partial charge < -0.3 is 4.74 Å². The molecule has 1 aliphatic rings. The van der Waals surface area contributed by atoms with Crippen LogP contribution in [0.15, 0.2) is 23.5 Å². The summed E-state index contributed by atoms with van der Waals surface area (Å²) < 4.78 is 4.88. The van der Waals surface area contributed by atoms with Gasteiger partial charge in [-0.15, -0.1) is 0 Å². The number of hydrogen-bond donors (Lipinski definition) is 0. The highest BCUT2D eigenvalue weighted by Gasteiger charge is 2.24. The van der Waals surface area contributed by atoms with Crippen molar-refractivity contribution in [2.24, 2.45) is 0 Å². The third-order valence-electron chi connectivity index (χ3n) is 2.08. The normalized spacial score (nSPS) is 17.6. The molecule has 0 aromatic heterocycles. The summed E-state index contributed by atoms with van der Waals surface area (Å²) in [7, 11) is 5.85. The SMILES string of the molecule is [B]PCCCC1=C(C)C(=C)OC1=O. The van der Waals surface area contributed by atoms with E-state index >= 15 is 0 Å². The Morgan fingerprint density at radius 3 is 2.77 bits per heavy atom. The molecule has 0 fully saturated rings. The zero-order valence-corrected chi connectivity index (χ0v) is 8.72. The lowest BCUT2D eigenvalue weighted by molar-refractivity contribution is -0.133. The van der Waals surface area contributed by atoms with E-state index < -0.39 is 0 Å². The average molecular weight is 194 g/mol. The van der Waals surface area contributed by atoms with Crippen LogP contribution in [-0.2, 0) is 9.53 Å². The van der Waals surface area contributed by atoms with Crippen LogP contribution in [0.25, 0.3) is 0 Å². The van der Waals surface area contributed by atoms with E-state index in [1.165, 1.54) is 0 Å². The van der Waals surface area contributed by atoms with E-state index in [4.69, 9.17) is 12.3 Å². The van der Waals surface area contributed by atoms with Crippen LogP contribution in [0.3, 0.4) is 0 Å². The maximum atomic E-state index is 11.2. The van der Waals surface area contributed by atoms with Gasteiger partial charge in [0.15, 0.2) is 0 Å². The highest BCUT2D eigenvalue weighted by atomic mass is 31.1. The fourth-order valence-corrected chi connectivity index (χ4v) is 1.61. The van der Waals surface area contributed by atoms with E-state index in [-0.39, 0.29) is 5.97 Å². The molecule has 1 aliphatic heterocycles. The summed E-state index contributed by atoms with van der Waals surface area (Å²) in [6.07, 6.45) is 2.68. The molecule has 0 aromatic carbocycles. The Morgan fingerprint density at radius 2 is 2.31 bits per heavy atom. The van der Waals surface area contributed by atoms with Crippen LogP contribution in [0, 0.1) is 0 Å². The molecule has 2 nitrogen and oxygen atoms in total. The summed E-state index contributed by atoms with van der Waals surface area (Å²) in [5.41, 5.74) is 1.66. The zero-order valence-electron chi connectivity index (χ0n) is 7.72. The minimum atomic E-state index is -0.233. The van der Waals surface area contributed by atoms with Crippen molar-refractivity contribution in [3.63, 3.8) is 0 Å². The molecule has 1 unspecified atom stereocenters. The Kier molecular flexibility index (Phi) is 3.74. The molecule has 1 rings (SSSR count).